The topological polar surface area (TPSA) is 70.9 Å². The standard InChI is InChI=1S/C17H17N3O/c1-2-11-3-6-13(7-4-11)20-17(21)15-10-19-16-9-12(18)5-8-14(15)16/h3-10,19H,2,18H2,1H3,(H,20,21). The molecule has 1 heterocycles. The van der Waals surface area contributed by atoms with Crippen LogP contribution in [0.15, 0.2) is 48.7 Å². The molecule has 106 valence electrons. The third-order valence-corrected chi connectivity index (χ3v) is 3.57. The summed E-state index contributed by atoms with van der Waals surface area (Å²) in [6.07, 6.45) is 2.69. The number of aryl methyl sites for hydroxylation is 1. The molecule has 0 saturated carbocycles. The molecule has 0 aliphatic heterocycles. The zero-order valence-corrected chi connectivity index (χ0v) is 11.8. The highest BCUT2D eigenvalue weighted by molar-refractivity contribution is 6.13. The fraction of sp³-hybridized carbons (Fsp3) is 0.118. The molecule has 4 nitrogen and oxygen atoms in total. The fourth-order valence-electron chi connectivity index (χ4n) is 2.35. The number of nitrogens with one attached hydrogen (secondary N) is 2. The van der Waals surface area contributed by atoms with Gasteiger partial charge in [-0.15, -0.1) is 0 Å². The van der Waals surface area contributed by atoms with Gasteiger partial charge in [-0.2, -0.15) is 0 Å². The van der Waals surface area contributed by atoms with Crippen molar-refractivity contribution in [3.63, 3.8) is 0 Å². The number of amides is 1. The number of nitrogen functional groups attached to an aromatic ring is 1. The van der Waals surface area contributed by atoms with Crippen LogP contribution in [0.5, 0.6) is 0 Å². The van der Waals surface area contributed by atoms with E-state index in [2.05, 4.69) is 17.2 Å². The van der Waals surface area contributed by atoms with E-state index in [0.29, 0.717) is 11.3 Å². The molecule has 3 rings (SSSR count). The summed E-state index contributed by atoms with van der Waals surface area (Å²) in [6.45, 7) is 2.10. The average molecular weight is 279 g/mol. The Labute approximate surface area is 123 Å². The number of carbonyl (C=O) groups excluding carboxylic acids is 1. The van der Waals surface area contributed by atoms with Crippen molar-refractivity contribution in [3.05, 3.63) is 59.8 Å². The summed E-state index contributed by atoms with van der Waals surface area (Å²) < 4.78 is 0. The van der Waals surface area contributed by atoms with Gasteiger partial charge in [-0.05, 0) is 42.3 Å². The highest BCUT2D eigenvalue weighted by atomic mass is 16.1. The summed E-state index contributed by atoms with van der Waals surface area (Å²) >= 11 is 0. The van der Waals surface area contributed by atoms with Crippen LogP contribution in [0, 0.1) is 0 Å². The molecular formula is C17H17N3O. The van der Waals surface area contributed by atoms with Crippen molar-refractivity contribution in [2.45, 2.75) is 13.3 Å². The van der Waals surface area contributed by atoms with Gasteiger partial charge >= 0.3 is 0 Å². The Morgan fingerprint density at radius 1 is 1.19 bits per heavy atom. The fourth-order valence-corrected chi connectivity index (χ4v) is 2.35. The predicted octanol–water partition coefficient (Wildman–Crippen LogP) is 3.56. The van der Waals surface area contributed by atoms with Gasteiger partial charge in [0.05, 0.1) is 5.56 Å². The minimum atomic E-state index is -0.129. The number of aromatic nitrogens is 1. The minimum Gasteiger partial charge on any atom is -0.399 e. The van der Waals surface area contributed by atoms with Gasteiger partial charge in [0.1, 0.15) is 0 Å². The van der Waals surface area contributed by atoms with Crippen LogP contribution >= 0.6 is 0 Å². The molecule has 0 fully saturated rings. The van der Waals surface area contributed by atoms with Crippen molar-refractivity contribution in [3.8, 4) is 0 Å². The summed E-state index contributed by atoms with van der Waals surface area (Å²) in [5, 5.41) is 3.78. The maximum absolute atomic E-state index is 12.4. The van der Waals surface area contributed by atoms with E-state index in [-0.39, 0.29) is 5.91 Å². The maximum atomic E-state index is 12.4. The Morgan fingerprint density at radius 2 is 1.95 bits per heavy atom. The lowest BCUT2D eigenvalue weighted by Gasteiger charge is -2.05. The van der Waals surface area contributed by atoms with Gasteiger partial charge in [-0.1, -0.05) is 19.1 Å². The Morgan fingerprint density at radius 3 is 2.67 bits per heavy atom. The van der Waals surface area contributed by atoms with Gasteiger partial charge in [0.25, 0.3) is 5.91 Å². The molecule has 0 aliphatic rings. The van der Waals surface area contributed by atoms with E-state index in [9.17, 15) is 4.79 Å². The van der Waals surface area contributed by atoms with Gasteiger partial charge in [0, 0.05) is 28.5 Å². The molecule has 0 spiro atoms. The highest BCUT2D eigenvalue weighted by Gasteiger charge is 2.12. The van der Waals surface area contributed by atoms with Crippen molar-refractivity contribution in [2.24, 2.45) is 0 Å². The minimum absolute atomic E-state index is 0.129. The summed E-state index contributed by atoms with van der Waals surface area (Å²) in [7, 11) is 0. The maximum Gasteiger partial charge on any atom is 0.257 e. The third-order valence-electron chi connectivity index (χ3n) is 3.57. The van der Waals surface area contributed by atoms with E-state index in [1.807, 2.05) is 36.4 Å². The predicted molar refractivity (Wildman–Crippen MR) is 86.5 cm³/mol. The number of carbonyl (C=O) groups is 1. The number of fused-ring (bicyclic) bond motifs is 1. The molecule has 0 bridgehead atoms. The summed E-state index contributed by atoms with van der Waals surface area (Å²) in [5.74, 6) is -0.129. The molecule has 0 unspecified atom stereocenters. The molecule has 0 radical (unpaired) electrons. The van der Waals surface area contributed by atoms with Crippen molar-refractivity contribution < 1.29 is 4.79 Å². The first-order valence-electron chi connectivity index (χ1n) is 6.94. The quantitative estimate of drug-likeness (QED) is 0.641. The molecule has 4 heteroatoms. The second-order valence-corrected chi connectivity index (χ2v) is 5.01. The van der Waals surface area contributed by atoms with Gasteiger partial charge in [-0.25, -0.2) is 0 Å². The first-order valence-corrected chi connectivity index (χ1v) is 6.94. The Bertz CT molecular complexity index is 787. The number of hydrogen-bond acceptors (Lipinski definition) is 2. The second kappa shape index (κ2) is 5.32. The van der Waals surface area contributed by atoms with Crippen LogP contribution < -0.4 is 11.1 Å². The number of H-pyrrole nitrogens is 1. The van der Waals surface area contributed by atoms with E-state index < -0.39 is 0 Å². The Hall–Kier alpha value is -2.75. The molecule has 0 aliphatic carbocycles. The van der Waals surface area contributed by atoms with Crippen LogP contribution in [0.25, 0.3) is 10.9 Å². The first kappa shape index (κ1) is 13.2. The number of rotatable bonds is 3. The highest BCUT2D eigenvalue weighted by Crippen LogP contribution is 2.22. The van der Waals surface area contributed by atoms with E-state index in [4.69, 9.17) is 5.73 Å². The molecule has 4 N–H and O–H groups in total. The normalized spacial score (nSPS) is 10.7. The van der Waals surface area contributed by atoms with Crippen LogP contribution in [-0.4, -0.2) is 10.9 Å². The molecule has 1 amide bonds. The molecule has 0 atom stereocenters. The number of anilines is 2. The van der Waals surface area contributed by atoms with Crippen LogP contribution in [0.4, 0.5) is 11.4 Å². The molecule has 0 saturated heterocycles. The van der Waals surface area contributed by atoms with E-state index in [1.165, 1.54) is 5.56 Å². The summed E-state index contributed by atoms with van der Waals surface area (Å²) in [4.78, 5) is 15.4. The number of aromatic amines is 1. The first-order chi connectivity index (χ1) is 10.2. The van der Waals surface area contributed by atoms with Crippen LogP contribution in [0.3, 0.4) is 0 Å². The zero-order chi connectivity index (χ0) is 14.8. The number of hydrogen-bond donors (Lipinski definition) is 3. The lowest BCUT2D eigenvalue weighted by atomic mass is 10.1. The molecule has 21 heavy (non-hydrogen) atoms. The van der Waals surface area contributed by atoms with Crippen molar-refractivity contribution in [1.82, 2.24) is 4.98 Å². The van der Waals surface area contributed by atoms with E-state index >= 15 is 0 Å². The number of nitrogens with two attached hydrogens (primary N) is 1. The van der Waals surface area contributed by atoms with Gasteiger partial charge < -0.3 is 16.0 Å². The van der Waals surface area contributed by atoms with Crippen LogP contribution in [-0.2, 0) is 6.42 Å². The lowest BCUT2D eigenvalue weighted by Crippen LogP contribution is -2.11. The van der Waals surface area contributed by atoms with Crippen LogP contribution in [0.1, 0.15) is 22.8 Å². The SMILES string of the molecule is CCc1ccc(NC(=O)c2c[nH]c3cc(N)ccc23)cc1. The van der Waals surface area contributed by atoms with Crippen molar-refractivity contribution in [1.29, 1.82) is 0 Å². The molecule has 1 aromatic heterocycles. The molecule has 3 aromatic rings. The largest absolute Gasteiger partial charge is 0.399 e. The third kappa shape index (κ3) is 2.60. The second-order valence-electron chi connectivity index (χ2n) is 5.01. The van der Waals surface area contributed by atoms with Gasteiger partial charge in [0.2, 0.25) is 0 Å². The molecular weight excluding hydrogens is 262 g/mol. The summed E-state index contributed by atoms with van der Waals surface area (Å²) in [5.41, 5.74) is 9.93. The zero-order valence-electron chi connectivity index (χ0n) is 11.8. The van der Waals surface area contributed by atoms with E-state index in [1.54, 1.807) is 12.3 Å². The van der Waals surface area contributed by atoms with Crippen molar-refractivity contribution >= 4 is 28.2 Å². The lowest BCUT2D eigenvalue weighted by molar-refractivity contribution is 0.102. The average Bonchev–Trinajstić information content (AvgIpc) is 2.91. The Balaban J connectivity index is 1.86. The van der Waals surface area contributed by atoms with Gasteiger partial charge in [0.15, 0.2) is 0 Å². The summed E-state index contributed by atoms with van der Waals surface area (Å²) in [6, 6.07) is 13.4. The van der Waals surface area contributed by atoms with E-state index in [0.717, 1.165) is 23.0 Å². The van der Waals surface area contributed by atoms with Crippen molar-refractivity contribution in [2.75, 3.05) is 11.1 Å². The van der Waals surface area contributed by atoms with Crippen LogP contribution in [0.2, 0.25) is 0 Å². The monoisotopic (exact) mass is 279 g/mol. The smallest absolute Gasteiger partial charge is 0.257 e. The number of benzene rings is 2. The Kier molecular flexibility index (Phi) is 3.36. The van der Waals surface area contributed by atoms with Gasteiger partial charge in [-0.3, -0.25) is 4.79 Å². The molecule has 2 aromatic carbocycles.